The summed E-state index contributed by atoms with van der Waals surface area (Å²) < 4.78 is 13.8. The monoisotopic (exact) mass is 386 g/mol. The van der Waals surface area contributed by atoms with Gasteiger partial charge in [0.2, 0.25) is 0 Å². The van der Waals surface area contributed by atoms with Gasteiger partial charge in [0.15, 0.2) is 11.6 Å². The highest BCUT2D eigenvalue weighted by Crippen LogP contribution is 2.19. The van der Waals surface area contributed by atoms with Crippen molar-refractivity contribution in [3.63, 3.8) is 0 Å². The van der Waals surface area contributed by atoms with E-state index >= 15 is 0 Å². The van der Waals surface area contributed by atoms with Crippen molar-refractivity contribution in [1.82, 2.24) is 10.2 Å². The van der Waals surface area contributed by atoms with Gasteiger partial charge < -0.3 is 10.6 Å². The summed E-state index contributed by atoms with van der Waals surface area (Å²) in [6.45, 7) is 0. The van der Waals surface area contributed by atoms with E-state index in [1.807, 2.05) is 24.3 Å². The van der Waals surface area contributed by atoms with Gasteiger partial charge in [0.1, 0.15) is 5.82 Å². The third-order valence-corrected chi connectivity index (χ3v) is 3.60. The van der Waals surface area contributed by atoms with Crippen molar-refractivity contribution in [2.24, 2.45) is 0 Å². The Morgan fingerprint density at radius 3 is 2.33 bits per heavy atom. The number of amides is 1. The van der Waals surface area contributed by atoms with E-state index in [0.717, 1.165) is 10.2 Å². The first-order chi connectivity index (χ1) is 11.6. The molecular weight excluding hydrogens is 375 g/mol. The minimum Gasteiger partial charge on any atom is -0.339 e. The van der Waals surface area contributed by atoms with Crippen LogP contribution < -0.4 is 10.6 Å². The van der Waals surface area contributed by atoms with Gasteiger partial charge in [-0.3, -0.25) is 4.79 Å². The summed E-state index contributed by atoms with van der Waals surface area (Å²) in [6, 6.07) is 16.2. The minimum absolute atomic E-state index is 0.309. The smallest absolute Gasteiger partial charge is 0.256 e. The molecule has 0 saturated carbocycles. The summed E-state index contributed by atoms with van der Waals surface area (Å²) >= 11 is 3.39. The van der Waals surface area contributed by atoms with Gasteiger partial charge in [-0.05, 0) is 54.6 Å². The molecule has 0 saturated heterocycles. The predicted octanol–water partition coefficient (Wildman–Crippen LogP) is 4.37. The zero-order valence-electron chi connectivity index (χ0n) is 12.3. The Bertz CT molecular complexity index is 853. The Balaban J connectivity index is 1.66. The summed E-state index contributed by atoms with van der Waals surface area (Å²) in [7, 11) is 0. The number of halogens is 2. The fourth-order valence-corrected chi connectivity index (χ4v) is 2.37. The Morgan fingerprint density at radius 1 is 0.958 bits per heavy atom. The molecule has 0 spiro atoms. The van der Waals surface area contributed by atoms with E-state index in [2.05, 4.69) is 36.8 Å². The molecule has 2 aromatic carbocycles. The maximum absolute atomic E-state index is 12.9. The number of rotatable bonds is 4. The summed E-state index contributed by atoms with van der Waals surface area (Å²) in [5.41, 5.74) is 1.20. The quantitative estimate of drug-likeness (QED) is 0.698. The number of carbonyl (C=O) groups excluding carboxylic acids is 1. The highest BCUT2D eigenvalue weighted by Gasteiger charge is 2.07. The topological polar surface area (TPSA) is 66.9 Å². The van der Waals surface area contributed by atoms with Crippen LogP contribution in [0, 0.1) is 5.82 Å². The van der Waals surface area contributed by atoms with Crippen LogP contribution in [0.1, 0.15) is 10.4 Å². The molecule has 0 aliphatic heterocycles. The first kappa shape index (κ1) is 16.1. The molecule has 0 unspecified atom stereocenters. The van der Waals surface area contributed by atoms with E-state index in [-0.39, 0.29) is 5.91 Å². The molecule has 5 nitrogen and oxygen atoms in total. The average Bonchev–Trinajstić information content (AvgIpc) is 2.57. The molecule has 1 amide bonds. The zero-order valence-corrected chi connectivity index (χ0v) is 13.9. The van der Waals surface area contributed by atoms with Crippen molar-refractivity contribution in [2.75, 3.05) is 10.6 Å². The molecule has 0 aliphatic carbocycles. The highest BCUT2D eigenvalue weighted by atomic mass is 79.9. The van der Waals surface area contributed by atoms with E-state index in [1.54, 1.807) is 12.1 Å². The molecule has 0 bridgehead atoms. The molecule has 0 radical (unpaired) electrons. The fourth-order valence-electron chi connectivity index (χ4n) is 1.97. The highest BCUT2D eigenvalue weighted by molar-refractivity contribution is 9.10. The fraction of sp³-hybridized carbons (Fsp3) is 0. The van der Waals surface area contributed by atoms with Gasteiger partial charge in [-0.1, -0.05) is 22.0 Å². The van der Waals surface area contributed by atoms with Gasteiger partial charge in [-0.2, -0.15) is 0 Å². The zero-order chi connectivity index (χ0) is 16.9. The predicted molar refractivity (Wildman–Crippen MR) is 93.8 cm³/mol. The summed E-state index contributed by atoms with van der Waals surface area (Å²) in [6.07, 6.45) is 0. The second kappa shape index (κ2) is 7.18. The van der Waals surface area contributed by atoms with Crippen molar-refractivity contribution in [2.45, 2.75) is 0 Å². The van der Waals surface area contributed by atoms with Crippen LogP contribution in [-0.2, 0) is 0 Å². The van der Waals surface area contributed by atoms with E-state index in [4.69, 9.17) is 0 Å². The first-order valence-electron chi connectivity index (χ1n) is 7.03. The van der Waals surface area contributed by atoms with Crippen molar-refractivity contribution in [3.8, 4) is 0 Å². The van der Waals surface area contributed by atoms with Gasteiger partial charge >= 0.3 is 0 Å². The largest absolute Gasteiger partial charge is 0.339 e. The number of hydrogen-bond acceptors (Lipinski definition) is 4. The average molecular weight is 387 g/mol. The third kappa shape index (κ3) is 4.14. The molecule has 2 N–H and O–H groups in total. The molecule has 0 atom stereocenters. The van der Waals surface area contributed by atoms with Crippen LogP contribution in [0.4, 0.5) is 21.7 Å². The number of aromatic nitrogens is 2. The van der Waals surface area contributed by atoms with E-state index in [1.165, 1.54) is 24.3 Å². The molecular formula is C17H12BrFN4O. The van der Waals surface area contributed by atoms with Crippen molar-refractivity contribution < 1.29 is 9.18 Å². The number of carbonyl (C=O) groups is 1. The number of nitrogens with zero attached hydrogens (tertiary/aromatic N) is 2. The number of hydrogen-bond donors (Lipinski definition) is 2. The molecule has 3 rings (SSSR count). The normalized spacial score (nSPS) is 10.2. The molecule has 120 valence electrons. The summed E-state index contributed by atoms with van der Waals surface area (Å²) in [5.74, 6) is 0.0864. The molecule has 0 fully saturated rings. The van der Waals surface area contributed by atoms with Gasteiger partial charge in [0, 0.05) is 15.7 Å². The lowest BCUT2D eigenvalue weighted by atomic mass is 10.2. The lowest BCUT2D eigenvalue weighted by Crippen LogP contribution is -2.13. The second-order valence-electron chi connectivity index (χ2n) is 4.90. The Kier molecular flexibility index (Phi) is 4.81. The Labute approximate surface area is 146 Å². The third-order valence-electron chi connectivity index (χ3n) is 3.11. The molecule has 1 heterocycles. The van der Waals surface area contributed by atoms with Gasteiger partial charge in [-0.15, -0.1) is 10.2 Å². The standard InChI is InChI=1S/C17H12BrFN4O/c18-12-2-1-3-14(10-12)20-15-8-9-16(23-22-15)21-17(24)11-4-6-13(19)7-5-11/h1-10H,(H,20,22)(H,21,23,24). The summed E-state index contributed by atoms with van der Waals surface area (Å²) in [5, 5.41) is 13.7. The van der Waals surface area contributed by atoms with Crippen LogP contribution in [0.5, 0.6) is 0 Å². The maximum Gasteiger partial charge on any atom is 0.256 e. The molecule has 7 heteroatoms. The van der Waals surface area contributed by atoms with Crippen LogP contribution in [0.25, 0.3) is 0 Å². The van der Waals surface area contributed by atoms with Crippen molar-refractivity contribution >= 4 is 39.2 Å². The lowest BCUT2D eigenvalue weighted by molar-refractivity contribution is 0.102. The molecule has 1 aromatic heterocycles. The van der Waals surface area contributed by atoms with Gasteiger partial charge in [0.05, 0.1) is 0 Å². The van der Waals surface area contributed by atoms with Crippen LogP contribution in [0.3, 0.4) is 0 Å². The Morgan fingerprint density at radius 2 is 1.67 bits per heavy atom. The van der Waals surface area contributed by atoms with Crippen molar-refractivity contribution in [3.05, 3.63) is 76.5 Å². The second-order valence-corrected chi connectivity index (χ2v) is 5.82. The first-order valence-corrected chi connectivity index (χ1v) is 7.83. The lowest BCUT2D eigenvalue weighted by Gasteiger charge is -2.07. The van der Waals surface area contributed by atoms with Crippen molar-refractivity contribution in [1.29, 1.82) is 0 Å². The van der Waals surface area contributed by atoms with Gasteiger partial charge in [-0.25, -0.2) is 4.39 Å². The molecule has 0 aliphatic rings. The molecule has 24 heavy (non-hydrogen) atoms. The minimum atomic E-state index is -0.394. The van der Waals surface area contributed by atoms with Crippen LogP contribution in [0.15, 0.2) is 65.1 Å². The van der Waals surface area contributed by atoms with Crippen LogP contribution in [0.2, 0.25) is 0 Å². The molecule has 3 aromatic rings. The van der Waals surface area contributed by atoms with E-state index < -0.39 is 5.82 Å². The van der Waals surface area contributed by atoms with Crippen LogP contribution in [-0.4, -0.2) is 16.1 Å². The number of nitrogens with one attached hydrogen (secondary N) is 2. The van der Waals surface area contributed by atoms with E-state index in [0.29, 0.717) is 17.2 Å². The van der Waals surface area contributed by atoms with Gasteiger partial charge in [0.25, 0.3) is 5.91 Å². The summed E-state index contributed by atoms with van der Waals surface area (Å²) in [4.78, 5) is 12.0. The maximum atomic E-state index is 12.9. The number of anilines is 3. The van der Waals surface area contributed by atoms with Crippen LogP contribution >= 0.6 is 15.9 Å². The Hall–Kier alpha value is -2.80. The SMILES string of the molecule is O=C(Nc1ccc(Nc2cccc(Br)c2)nn1)c1ccc(F)cc1. The number of benzene rings is 2. The van der Waals surface area contributed by atoms with E-state index in [9.17, 15) is 9.18 Å².